The smallest absolute Gasteiger partial charge is 0.169 e. The van der Waals surface area contributed by atoms with Crippen molar-refractivity contribution in [3.8, 4) is 0 Å². The molecule has 1 atom stereocenters. The van der Waals surface area contributed by atoms with Gasteiger partial charge in [0, 0.05) is 18.6 Å². The van der Waals surface area contributed by atoms with Crippen LogP contribution in [0.1, 0.15) is 57.4 Å². The van der Waals surface area contributed by atoms with Crippen LogP contribution in [0.4, 0.5) is 0 Å². The van der Waals surface area contributed by atoms with Gasteiger partial charge in [0.2, 0.25) is 0 Å². The molecule has 0 bridgehead atoms. The van der Waals surface area contributed by atoms with E-state index in [2.05, 4.69) is 47.5 Å². The fraction of sp³-hybridized carbons (Fsp3) is 0.632. The molecule has 2 aliphatic rings. The second-order valence-corrected chi connectivity index (χ2v) is 7.36. The SMILES string of the molecule is C[C@@H](C1CC1)N(Cc1ccccc1)C(=S)NC1CCCCC1. The van der Waals surface area contributed by atoms with Crippen LogP contribution >= 0.6 is 12.2 Å². The van der Waals surface area contributed by atoms with Crippen molar-refractivity contribution >= 4 is 17.3 Å². The molecule has 0 heterocycles. The molecule has 120 valence electrons. The first-order chi connectivity index (χ1) is 10.7. The van der Waals surface area contributed by atoms with Crippen molar-refractivity contribution in [1.82, 2.24) is 10.2 Å². The average Bonchev–Trinajstić information content (AvgIpc) is 3.39. The molecule has 0 aliphatic heterocycles. The minimum absolute atomic E-state index is 0.545. The topological polar surface area (TPSA) is 15.3 Å². The van der Waals surface area contributed by atoms with Crippen LogP contribution in [0.5, 0.6) is 0 Å². The van der Waals surface area contributed by atoms with Crippen LogP contribution in [0.25, 0.3) is 0 Å². The fourth-order valence-corrected chi connectivity index (χ4v) is 3.92. The summed E-state index contributed by atoms with van der Waals surface area (Å²) in [5, 5.41) is 4.63. The fourth-order valence-electron chi connectivity index (χ4n) is 3.52. The van der Waals surface area contributed by atoms with E-state index in [1.54, 1.807) is 0 Å². The lowest BCUT2D eigenvalue weighted by atomic mass is 9.96. The zero-order chi connectivity index (χ0) is 15.4. The summed E-state index contributed by atoms with van der Waals surface area (Å²) in [5.74, 6) is 0.829. The van der Waals surface area contributed by atoms with E-state index >= 15 is 0 Å². The van der Waals surface area contributed by atoms with Crippen molar-refractivity contribution in [3.63, 3.8) is 0 Å². The third kappa shape index (κ3) is 4.22. The highest BCUT2D eigenvalue weighted by Gasteiger charge is 2.33. The van der Waals surface area contributed by atoms with E-state index in [0.29, 0.717) is 12.1 Å². The summed E-state index contributed by atoms with van der Waals surface area (Å²) in [6, 6.07) is 11.9. The number of benzene rings is 1. The van der Waals surface area contributed by atoms with Crippen molar-refractivity contribution in [3.05, 3.63) is 35.9 Å². The molecule has 0 radical (unpaired) electrons. The number of thiocarbonyl (C=S) groups is 1. The lowest BCUT2D eigenvalue weighted by Crippen LogP contribution is -2.49. The zero-order valence-electron chi connectivity index (χ0n) is 13.6. The molecule has 3 rings (SSSR count). The Bertz CT molecular complexity index is 477. The summed E-state index contributed by atoms with van der Waals surface area (Å²) < 4.78 is 0. The first-order valence-corrected chi connectivity index (χ1v) is 9.26. The van der Waals surface area contributed by atoms with E-state index in [-0.39, 0.29) is 0 Å². The van der Waals surface area contributed by atoms with Crippen LogP contribution in [0, 0.1) is 5.92 Å². The van der Waals surface area contributed by atoms with Gasteiger partial charge in [0.15, 0.2) is 5.11 Å². The lowest BCUT2D eigenvalue weighted by Gasteiger charge is -2.35. The number of nitrogens with zero attached hydrogens (tertiary/aromatic N) is 1. The quantitative estimate of drug-likeness (QED) is 0.806. The first-order valence-electron chi connectivity index (χ1n) is 8.85. The molecule has 0 aromatic heterocycles. The Labute approximate surface area is 140 Å². The van der Waals surface area contributed by atoms with Crippen LogP contribution in [-0.2, 0) is 6.54 Å². The Hall–Kier alpha value is -1.09. The van der Waals surface area contributed by atoms with Gasteiger partial charge in [0.1, 0.15) is 0 Å². The molecule has 1 aromatic carbocycles. The van der Waals surface area contributed by atoms with Gasteiger partial charge in [-0.3, -0.25) is 0 Å². The molecule has 22 heavy (non-hydrogen) atoms. The highest BCUT2D eigenvalue weighted by atomic mass is 32.1. The minimum Gasteiger partial charge on any atom is -0.360 e. The molecule has 0 amide bonds. The number of hydrogen-bond acceptors (Lipinski definition) is 1. The van der Waals surface area contributed by atoms with Gasteiger partial charge in [-0.2, -0.15) is 0 Å². The van der Waals surface area contributed by atoms with Gasteiger partial charge >= 0.3 is 0 Å². The van der Waals surface area contributed by atoms with Gasteiger partial charge in [-0.1, -0.05) is 49.6 Å². The molecule has 1 N–H and O–H groups in total. The molecule has 2 saturated carbocycles. The van der Waals surface area contributed by atoms with Gasteiger partial charge in [-0.25, -0.2) is 0 Å². The molecular weight excluding hydrogens is 288 g/mol. The molecular formula is C19H28N2S. The van der Waals surface area contributed by atoms with Gasteiger partial charge in [0.25, 0.3) is 0 Å². The van der Waals surface area contributed by atoms with Gasteiger partial charge in [-0.05, 0) is 56.3 Å². The third-order valence-corrected chi connectivity index (χ3v) is 5.54. The third-order valence-electron chi connectivity index (χ3n) is 5.19. The molecule has 0 saturated heterocycles. The van der Waals surface area contributed by atoms with Gasteiger partial charge in [0.05, 0.1) is 0 Å². The molecule has 0 unspecified atom stereocenters. The van der Waals surface area contributed by atoms with Crippen molar-refractivity contribution in [1.29, 1.82) is 0 Å². The number of rotatable bonds is 5. The van der Waals surface area contributed by atoms with E-state index in [1.165, 1.54) is 50.5 Å². The van der Waals surface area contributed by atoms with Gasteiger partial charge in [-0.15, -0.1) is 0 Å². The molecule has 1 aromatic rings. The van der Waals surface area contributed by atoms with Crippen molar-refractivity contribution in [2.45, 2.75) is 70.5 Å². The largest absolute Gasteiger partial charge is 0.360 e. The van der Waals surface area contributed by atoms with Crippen molar-refractivity contribution < 1.29 is 0 Å². The number of hydrogen-bond donors (Lipinski definition) is 1. The van der Waals surface area contributed by atoms with Crippen LogP contribution in [0.2, 0.25) is 0 Å². The molecule has 2 aliphatic carbocycles. The standard InChI is InChI=1S/C19H28N2S/c1-15(17-12-13-17)21(14-16-8-4-2-5-9-16)19(22)20-18-10-6-3-7-11-18/h2,4-5,8-9,15,17-18H,3,6-7,10-14H2,1H3,(H,20,22)/t15-/m0/s1. The molecule has 3 heteroatoms. The summed E-state index contributed by atoms with van der Waals surface area (Å²) >= 11 is 5.79. The predicted octanol–water partition coefficient (Wildman–Crippen LogP) is 4.49. The van der Waals surface area contributed by atoms with Crippen LogP contribution in [0.15, 0.2) is 30.3 Å². The van der Waals surface area contributed by atoms with E-state index in [1.807, 2.05) is 0 Å². The van der Waals surface area contributed by atoms with Crippen molar-refractivity contribution in [2.24, 2.45) is 5.92 Å². The highest BCUT2D eigenvalue weighted by Crippen LogP contribution is 2.35. The maximum absolute atomic E-state index is 5.79. The molecule has 2 fully saturated rings. The first kappa shape index (κ1) is 15.8. The highest BCUT2D eigenvalue weighted by molar-refractivity contribution is 7.80. The number of nitrogens with one attached hydrogen (secondary N) is 1. The van der Waals surface area contributed by atoms with Gasteiger partial charge < -0.3 is 10.2 Å². The second kappa shape index (κ2) is 7.45. The van der Waals surface area contributed by atoms with E-state index in [0.717, 1.165) is 17.6 Å². The Morgan fingerprint density at radius 2 is 1.82 bits per heavy atom. The van der Waals surface area contributed by atoms with Crippen LogP contribution in [0.3, 0.4) is 0 Å². The summed E-state index contributed by atoms with van der Waals surface area (Å²) in [4.78, 5) is 2.43. The Balaban J connectivity index is 1.65. The van der Waals surface area contributed by atoms with Crippen LogP contribution < -0.4 is 5.32 Å². The van der Waals surface area contributed by atoms with E-state index in [9.17, 15) is 0 Å². The average molecular weight is 317 g/mol. The van der Waals surface area contributed by atoms with E-state index in [4.69, 9.17) is 12.2 Å². The van der Waals surface area contributed by atoms with Crippen molar-refractivity contribution in [2.75, 3.05) is 0 Å². The minimum atomic E-state index is 0.545. The Kier molecular flexibility index (Phi) is 5.35. The summed E-state index contributed by atoms with van der Waals surface area (Å²) in [6.45, 7) is 3.27. The maximum Gasteiger partial charge on any atom is 0.169 e. The second-order valence-electron chi connectivity index (χ2n) is 6.98. The van der Waals surface area contributed by atoms with E-state index < -0.39 is 0 Å². The zero-order valence-corrected chi connectivity index (χ0v) is 14.4. The summed E-state index contributed by atoms with van der Waals surface area (Å²) in [6.07, 6.45) is 9.34. The summed E-state index contributed by atoms with van der Waals surface area (Å²) in [7, 11) is 0. The Morgan fingerprint density at radius 3 is 2.45 bits per heavy atom. The Morgan fingerprint density at radius 1 is 1.14 bits per heavy atom. The lowest BCUT2D eigenvalue weighted by molar-refractivity contribution is 0.281. The monoisotopic (exact) mass is 316 g/mol. The normalized spacial score (nSPS) is 20.4. The van der Waals surface area contributed by atoms with Crippen LogP contribution in [-0.4, -0.2) is 22.1 Å². The predicted molar refractivity (Wildman–Crippen MR) is 96.8 cm³/mol. The maximum atomic E-state index is 5.79. The molecule has 2 nitrogen and oxygen atoms in total. The molecule has 0 spiro atoms. The summed E-state index contributed by atoms with van der Waals surface area (Å²) in [5.41, 5.74) is 1.35.